The fourth-order valence-electron chi connectivity index (χ4n) is 2.21. The number of halogens is 3. The van der Waals surface area contributed by atoms with E-state index in [2.05, 4.69) is 10.3 Å². The molecule has 1 aromatic heterocycles. The van der Waals surface area contributed by atoms with E-state index in [0.29, 0.717) is 24.7 Å². The Hall–Kier alpha value is -2.82. The van der Waals surface area contributed by atoms with Gasteiger partial charge in [-0.2, -0.15) is 13.2 Å². The summed E-state index contributed by atoms with van der Waals surface area (Å²) < 4.78 is 72.3. The van der Waals surface area contributed by atoms with E-state index in [-0.39, 0.29) is 5.69 Å². The van der Waals surface area contributed by atoms with Gasteiger partial charge in [0.2, 0.25) is 0 Å². The number of carbonyl (C=O) groups is 1. The molecule has 0 radical (unpaired) electrons. The average molecular weight is 388 g/mol. The number of benzene rings is 1. The summed E-state index contributed by atoms with van der Waals surface area (Å²) in [7, 11) is -5.78. The highest BCUT2D eigenvalue weighted by molar-refractivity contribution is 7.92. The summed E-state index contributed by atoms with van der Waals surface area (Å²) in [4.78, 5) is 15.6. The van der Waals surface area contributed by atoms with Crippen LogP contribution < -0.4 is 14.8 Å². The molecule has 0 bridgehead atoms. The molecule has 1 N–H and O–H groups in total. The van der Waals surface area contributed by atoms with E-state index in [9.17, 15) is 26.4 Å². The molecule has 0 unspecified atom stereocenters. The summed E-state index contributed by atoms with van der Waals surface area (Å²) in [6.45, 7) is 0.675. The molecule has 0 aliphatic carbocycles. The smallest absolute Gasteiger partial charge is 0.486 e. The SMILES string of the molecule is O=C(Nc1ccc2c(c1)OCCO2)c1cccnc1S(=O)(=O)C(F)(F)F. The van der Waals surface area contributed by atoms with Crippen molar-refractivity contribution in [2.24, 2.45) is 0 Å². The number of ether oxygens (including phenoxy) is 2. The van der Waals surface area contributed by atoms with Crippen molar-refractivity contribution in [1.82, 2.24) is 4.98 Å². The predicted molar refractivity (Wildman–Crippen MR) is 82.9 cm³/mol. The number of hydrogen-bond donors (Lipinski definition) is 1. The number of amides is 1. The molecule has 0 atom stereocenters. The standard InChI is InChI=1S/C15H11F3N2O5S/c16-15(17,18)26(22,23)14-10(2-1-5-19-14)13(21)20-9-3-4-11-12(8-9)25-7-6-24-11/h1-5,8H,6-7H2,(H,20,21). The molecule has 1 amide bonds. The van der Waals surface area contributed by atoms with Crippen LogP contribution in [0.3, 0.4) is 0 Å². The van der Waals surface area contributed by atoms with Crippen LogP contribution in [0.4, 0.5) is 18.9 Å². The van der Waals surface area contributed by atoms with Crippen molar-refractivity contribution < 1.29 is 35.9 Å². The van der Waals surface area contributed by atoms with Gasteiger partial charge >= 0.3 is 5.51 Å². The van der Waals surface area contributed by atoms with E-state index in [4.69, 9.17) is 9.47 Å². The van der Waals surface area contributed by atoms with Crippen LogP contribution >= 0.6 is 0 Å². The topological polar surface area (TPSA) is 94.6 Å². The lowest BCUT2D eigenvalue weighted by Gasteiger charge is -2.19. The quantitative estimate of drug-likeness (QED) is 0.868. The minimum Gasteiger partial charge on any atom is -0.486 e. The lowest BCUT2D eigenvalue weighted by atomic mass is 10.2. The molecule has 11 heteroatoms. The Morgan fingerprint density at radius 1 is 1.12 bits per heavy atom. The fourth-order valence-corrected chi connectivity index (χ4v) is 3.08. The second kappa shape index (κ2) is 6.48. The zero-order valence-electron chi connectivity index (χ0n) is 12.9. The Morgan fingerprint density at radius 2 is 1.81 bits per heavy atom. The number of nitrogens with one attached hydrogen (secondary N) is 1. The molecule has 0 saturated heterocycles. The molecule has 7 nitrogen and oxygen atoms in total. The normalized spacial score (nSPS) is 14.0. The van der Waals surface area contributed by atoms with Gasteiger partial charge in [0, 0.05) is 18.0 Å². The molecule has 2 aromatic rings. The number of sulfone groups is 1. The van der Waals surface area contributed by atoms with Crippen molar-refractivity contribution >= 4 is 21.4 Å². The van der Waals surface area contributed by atoms with Crippen molar-refractivity contribution in [2.45, 2.75) is 10.5 Å². The van der Waals surface area contributed by atoms with Crippen LogP contribution in [0.1, 0.15) is 10.4 Å². The summed E-state index contributed by atoms with van der Waals surface area (Å²) in [5.41, 5.74) is -6.11. The van der Waals surface area contributed by atoms with Crippen LogP contribution in [0, 0.1) is 0 Å². The van der Waals surface area contributed by atoms with Crippen LogP contribution in [0.15, 0.2) is 41.6 Å². The van der Waals surface area contributed by atoms with Gasteiger partial charge < -0.3 is 14.8 Å². The van der Waals surface area contributed by atoms with Crippen molar-refractivity contribution in [3.8, 4) is 11.5 Å². The Balaban J connectivity index is 1.92. The number of carbonyl (C=O) groups excluding carboxylic acids is 1. The molecule has 0 spiro atoms. The van der Waals surface area contributed by atoms with Gasteiger partial charge in [-0.1, -0.05) is 0 Å². The lowest BCUT2D eigenvalue weighted by molar-refractivity contribution is -0.0438. The summed E-state index contributed by atoms with van der Waals surface area (Å²) in [6.07, 6.45) is 0.861. The molecule has 3 rings (SSSR count). The van der Waals surface area contributed by atoms with Gasteiger partial charge in [0.05, 0.1) is 5.56 Å². The number of pyridine rings is 1. The summed E-state index contributed by atoms with van der Waals surface area (Å²) in [5, 5.41) is 0.967. The molecule has 1 aliphatic rings. The van der Waals surface area contributed by atoms with Gasteiger partial charge in [-0.3, -0.25) is 4.79 Å². The summed E-state index contributed by atoms with van der Waals surface area (Å²) in [5.74, 6) is -0.253. The highest BCUT2D eigenvalue weighted by Gasteiger charge is 2.49. The van der Waals surface area contributed by atoms with E-state index >= 15 is 0 Å². The first-order valence-corrected chi connectivity index (χ1v) is 8.66. The first kappa shape index (κ1) is 18.0. The summed E-state index contributed by atoms with van der Waals surface area (Å²) >= 11 is 0. The predicted octanol–water partition coefficient (Wildman–Crippen LogP) is 2.40. The maximum absolute atomic E-state index is 12.8. The Kier molecular flexibility index (Phi) is 4.48. The van der Waals surface area contributed by atoms with E-state index in [1.54, 1.807) is 0 Å². The molecule has 1 aromatic carbocycles. The molecule has 0 fully saturated rings. The Morgan fingerprint density at radius 3 is 2.50 bits per heavy atom. The van der Waals surface area contributed by atoms with Gasteiger partial charge in [-0.25, -0.2) is 13.4 Å². The summed E-state index contributed by atoms with van der Waals surface area (Å²) in [6, 6.07) is 6.48. The minimum atomic E-state index is -5.78. The van der Waals surface area contributed by atoms with Crippen molar-refractivity contribution in [3.63, 3.8) is 0 Å². The third-order valence-electron chi connectivity index (χ3n) is 3.38. The van der Waals surface area contributed by atoms with Crippen LogP contribution in [0.5, 0.6) is 11.5 Å². The molecule has 2 heterocycles. The van der Waals surface area contributed by atoms with Crippen LogP contribution in [-0.2, 0) is 9.84 Å². The minimum absolute atomic E-state index is 0.193. The molecular weight excluding hydrogens is 377 g/mol. The third-order valence-corrected chi connectivity index (χ3v) is 4.82. The molecule has 1 aliphatic heterocycles. The Labute approximate surface area is 145 Å². The van der Waals surface area contributed by atoms with Gasteiger partial charge in [-0.05, 0) is 24.3 Å². The highest BCUT2D eigenvalue weighted by atomic mass is 32.2. The average Bonchev–Trinajstić information content (AvgIpc) is 2.60. The first-order valence-electron chi connectivity index (χ1n) is 7.17. The van der Waals surface area contributed by atoms with E-state index in [1.165, 1.54) is 18.2 Å². The van der Waals surface area contributed by atoms with Crippen LogP contribution in [0.2, 0.25) is 0 Å². The highest BCUT2D eigenvalue weighted by Crippen LogP contribution is 2.34. The van der Waals surface area contributed by atoms with Crippen molar-refractivity contribution in [3.05, 3.63) is 42.1 Å². The number of nitrogens with zero attached hydrogens (tertiary/aromatic N) is 1. The second-order valence-electron chi connectivity index (χ2n) is 5.12. The fraction of sp³-hybridized carbons (Fsp3) is 0.200. The van der Waals surface area contributed by atoms with Gasteiger partial charge in [0.25, 0.3) is 15.7 Å². The van der Waals surface area contributed by atoms with E-state index in [1.807, 2.05) is 0 Å². The first-order chi connectivity index (χ1) is 12.2. The monoisotopic (exact) mass is 388 g/mol. The van der Waals surface area contributed by atoms with Crippen molar-refractivity contribution in [1.29, 1.82) is 0 Å². The number of aromatic nitrogens is 1. The molecule has 138 valence electrons. The van der Waals surface area contributed by atoms with Gasteiger partial charge in [0.1, 0.15) is 13.2 Å². The zero-order valence-corrected chi connectivity index (χ0v) is 13.7. The molecular formula is C15H11F3N2O5S. The number of alkyl halides is 3. The maximum atomic E-state index is 12.8. The molecule has 0 saturated carbocycles. The second-order valence-corrected chi connectivity index (χ2v) is 6.97. The Bertz CT molecular complexity index is 960. The van der Waals surface area contributed by atoms with Gasteiger partial charge in [0.15, 0.2) is 16.5 Å². The maximum Gasteiger partial charge on any atom is 0.503 e. The zero-order chi connectivity index (χ0) is 18.9. The van der Waals surface area contributed by atoms with Crippen LogP contribution in [0.25, 0.3) is 0 Å². The number of fused-ring (bicyclic) bond motifs is 1. The van der Waals surface area contributed by atoms with E-state index in [0.717, 1.165) is 18.3 Å². The lowest BCUT2D eigenvalue weighted by Crippen LogP contribution is -2.27. The number of anilines is 1. The largest absolute Gasteiger partial charge is 0.503 e. The third kappa shape index (κ3) is 3.29. The van der Waals surface area contributed by atoms with Crippen molar-refractivity contribution in [2.75, 3.05) is 18.5 Å². The van der Waals surface area contributed by atoms with Gasteiger partial charge in [-0.15, -0.1) is 0 Å². The van der Waals surface area contributed by atoms with Crippen LogP contribution in [-0.4, -0.2) is 38.0 Å². The number of rotatable bonds is 3. The van der Waals surface area contributed by atoms with E-state index < -0.39 is 31.8 Å². The number of hydrogen-bond acceptors (Lipinski definition) is 6. The molecule has 26 heavy (non-hydrogen) atoms.